The highest BCUT2D eigenvalue weighted by Crippen LogP contribution is 2.26. The summed E-state index contributed by atoms with van der Waals surface area (Å²) in [7, 11) is 0. The molecular formula is C17H23FN2O. The third-order valence-electron chi connectivity index (χ3n) is 3.94. The van der Waals surface area contributed by atoms with Gasteiger partial charge in [0.25, 0.3) is 0 Å². The predicted molar refractivity (Wildman–Crippen MR) is 82.1 cm³/mol. The van der Waals surface area contributed by atoms with E-state index < -0.39 is 0 Å². The standard InChI is InChI=1S/C17H23FN2O/c18-17-8-7-14(12-15(17)4-2-9-19)13-20(10-3-11-21)16-5-1-6-16/h7-8,12,16,21H,1,3,5-6,9-11,13,19H2. The average Bonchev–Trinajstić information content (AvgIpc) is 2.43. The fraction of sp³-hybridized carbons (Fsp3) is 0.529. The van der Waals surface area contributed by atoms with E-state index in [1.165, 1.54) is 25.3 Å². The molecule has 0 spiro atoms. The molecule has 0 aliphatic heterocycles. The zero-order valence-corrected chi connectivity index (χ0v) is 12.3. The second-order valence-electron chi connectivity index (χ2n) is 5.45. The second kappa shape index (κ2) is 8.14. The van der Waals surface area contributed by atoms with E-state index in [1.54, 1.807) is 0 Å². The van der Waals surface area contributed by atoms with Gasteiger partial charge in [-0.3, -0.25) is 4.90 Å². The first-order valence-electron chi connectivity index (χ1n) is 7.57. The third-order valence-corrected chi connectivity index (χ3v) is 3.94. The van der Waals surface area contributed by atoms with Gasteiger partial charge < -0.3 is 10.8 Å². The molecule has 2 rings (SSSR count). The summed E-state index contributed by atoms with van der Waals surface area (Å²) in [5.74, 6) is 5.17. The molecule has 0 radical (unpaired) electrons. The number of hydrogen-bond acceptors (Lipinski definition) is 3. The Morgan fingerprint density at radius 1 is 1.38 bits per heavy atom. The van der Waals surface area contributed by atoms with Crippen molar-refractivity contribution in [1.82, 2.24) is 4.90 Å². The molecule has 114 valence electrons. The number of nitrogens with two attached hydrogens (primary N) is 1. The maximum Gasteiger partial charge on any atom is 0.138 e. The minimum atomic E-state index is -0.301. The maximum absolute atomic E-state index is 13.7. The smallest absolute Gasteiger partial charge is 0.138 e. The van der Waals surface area contributed by atoms with Gasteiger partial charge in [0.1, 0.15) is 5.82 Å². The molecule has 21 heavy (non-hydrogen) atoms. The Kier molecular flexibility index (Phi) is 6.19. The fourth-order valence-electron chi connectivity index (χ4n) is 2.56. The maximum atomic E-state index is 13.7. The number of nitrogens with zero attached hydrogens (tertiary/aromatic N) is 1. The van der Waals surface area contributed by atoms with E-state index in [-0.39, 0.29) is 19.0 Å². The van der Waals surface area contributed by atoms with E-state index in [2.05, 4.69) is 16.7 Å². The van der Waals surface area contributed by atoms with Crippen molar-refractivity contribution in [3.05, 3.63) is 35.1 Å². The lowest BCUT2D eigenvalue weighted by Gasteiger charge is -2.37. The van der Waals surface area contributed by atoms with Gasteiger partial charge in [-0.2, -0.15) is 0 Å². The third kappa shape index (κ3) is 4.53. The molecule has 0 heterocycles. The molecule has 3 N–H and O–H groups in total. The van der Waals surface area contributed by atoms with Crippen LogP contribution in [-0.2, 0) is 6.54 Å². The van der Waals surface area contributed by atoms with Crippen LogP contribution in [0.2, 0.25) is 0 Å². The van der Waals surface area contributed by atoms with Crippen molar-refractivity contribution < 1.29 is 9.50 Å². The molecule has 4 heteroatoms. The monoisotopic (exact) mass is 290 g/mol. The highest BCUT2D eigenvalue weighted by Gasteiger charge is 2.24. The zero-order valence-electron chi connectivity index (χ0n) is 12.3. The molecule has 3 nitrogen and oxygen atoms in total. The van der Waals surface area contributed by atoms with Crippen molar-refractivity contribution in [1.29, 1.82) is 0 Å². The molecule has 1 fully saturated rings. The van der Waals surface area contributed by atoms with E-state index >= 15 is 0 Å². The second-order valence-corrected chi connectivity index (χ2v) is 5.45. The number of aliphatic hydroxyl groups excluding tert-OH is 1. The molecule has 1 aliphatic carbocycles. The van der Waals surface area contributed by atoms with Crippen LogP contribution in [0.15, 0.2) is 18.2 Å². The Hall–Kier alpha value is -1.41. The molecule has 1 aromatic carbocycles. The Bertz CT molecular complexity index is 517. The Balaban J connectivity index is 2.08. The first kappa shape index (κ1) is 16.0. The fourth-order valence-corrected chi connectivity index (χ4v) is 2.56. The van der Waals surface area contributed by atoms with Crippen LogP contribution in [0, 0.1) is 17.7 Å². The molecule has 0 atom stereocenters. The highest BCUT2D eigenvalue weighted by atomic mass is 19.1. The molecule has 0 unspecified atom stereocenters. The first-order valence-corrected chi connectivity index (χ1v) is 7.57. The number of rotatable bonds is 6. The summed E-state index contributed by atoms with van der Waals surface area (Å²) in [6, 6.07) is 5.69. The van der Waals surface area contributed by atoms with Gasteiger partial charge in [0.15, 0.2) is 0 Å². The summed E-state index contributed by atoms with van der Waals surface area (Å²) < 4.78 is 13.7. The normalized spacial score (nSPS) is 14.7. The van der Waals surface area contributed by atoms with Gasteiger partial charge in [0, 0.05) is 25.7 Å². The first-order chi connectivity index (χ1) is 10.2. The molecule has 1 aromatic rings. The molecule has 1 saturated carbocycles. The van der Waals surface area contributed by atoms with Crippen molar-refractivity contribution in [3.63, 3.8) is 0 Å². The molecule has 0 amide bonds. The van der Waals surface area contributed by atoms with Gasteiger partial charge in [0.05, 0.1) is 12.1 Å². The summed E-state index contributed by atoms with van der Waals surface area (Å²) in [4.78, 5) is 2.38. The quantitative estimate of drug-likeness (QED) is 0.786. The van der Waals surface area contributed by atoms with Crippen LogP contribution in [0.3, 0.4) is 0 Å². The molecule has 1 aliphatic rings. The van der Waals surface area contributed by atoms with Crippen molar-refractivity contribution in [3.8, 4) is 11.8 Å². The lowest BCUT2D eigenvalue weighted by atomic mass is 9.91. The van der Waals surface area contributed by atoms with Crippen LogP contribution in [0.25, 0.3) is 0 Å². The van der Waals surface area contributed by atoms with Crippen LogP contribution in [0.4, 0.5) is 4.39 Å². The zero-order chi connectivity index (χ0) is 15.1. The minimum absolute atomic E-state index is 0.208. The van der Waals surface area contributed by atoms with Gasteiger partial charge in [-0.15, -0.1) is 0 Å². The summed E-state index contributed by atoms with van der Waals surface area (Å²) in [5.41, 5.74) is 6.81. The van der Waals surface area contributed by atoms with Crippen molar-refractivity contribution in [2.24, 2.45) is 5.73 Å². The van der Waals surface area contributed by atoms with Gasteiger partial charge in [-0.05, 0) is 37.0 Å². The Morgan fingerprint density at radius 3 is 2.81 bits per heavy atom. The van der Waals surface area contributed by atoms with Crippen LogP contribution < -0.4 is 5.73 Å². The number of halogens is 1. The van der Waals surface area contributed by atoms with Crippen molar-refractivity contribution in [2.75, 3.05) is 19.7 Å². The lowest BCUT2D eigenvalue weighted by molar-refractivity contribution is 0.109. The Labute approximate surface area is 125 Å². The van der Waals surface area contributed by atoms with Crippen LogP contribution in [0.5, 0.6) is 0 Å². The van der Waals surface area contributed by atoms with E-state index in [9.17, 15) is 4.39 Å². The average molecular weight is 290 g/mol. The summed E-state index contributed by atoms with van der Waals surface area (Å²) in [6.45, 7) is 2.10. The van der Waals surface area contributed by atoms with Gasteiger partial charge in [0.2, 0.25) is 0 Å². The van der Waals surface area contributed by atoms with E-state index in [0.717, 1.165) is 25.1 Å². The topological polar surface area (TPSA) is 49.5 Å². The van der Waals surface area contributed by atoms with Gasteiger partial charge in [-0.1, -0.05) is 24.3 Å². The molecular weight excluding hydrogens is 267 g/mol. The largest absolute Gasteiger partial charge is 0.396 e. The van der Waals surface area contributed by atoms with Crippen LogP contribution in [0.1, 0.15) is 36.8 Å². The SMILES string of the molecule is NCC#Cc1cc(CN(CCCO)C2CCC2)ccc1F. The van der Waals surface area contributed by atoms with Gasteiger partial charge >= 0.3 is 0 Å². The molecule has 0 bridgehead atoms. The number of benzene rings is 1. The minimum Gasteiger partial charge on any atom is -0.396 e. The van der Waals surface area contributed by atoms with Gasteiger partial charge in [-0.25, -0.2) is 4.39 Å². The Morgan fingerprint density at radius 2 is 2.19 bits per heavy atom. The van der Waals surface area contributed by atoms with Crippen LogP contribution in [-0.4, -0.2) is 35.7 Å². The van der Waals surface area contributed by atoms with E-state index in [0.29, 0.717) is 11.6 Å². The summed E-state index contributed by atoms with van der Waals surface area (Å²) in [6.07, 6.45) is 4.48. The summed E-state index contributed by atoms with van der Waals surface area (Å²) in [5, 5.41) is 9.02. The summed E-state index contributed by atoms with van der Waals surface area (Å²) >= 11 is 0. The number of hydrogen-bond donors (Lipinski definition) is 2. The lowest BCUT2D eigenvalue weighted by Crippen LogP contribution is -2.40. The van der Waals surface area contributed by atoms with E-state index in [1.807, 2.05) is 12.1 Å². The molecule has 0 aromatic heterocycles. The van der Waals surface area contributed by atoms with Crippen molar-refractivity contribution in [2.45, 2.75) is 38.3 Å². The van der Waals surface area contributed by atoms with Crippen LogP contribution >= 0.6 is 0 Å². The number of aliphatic hydroxyl groups is 1. The van der Waals surface area contributed by atoms with E-state index in [4.69, 9.17) is 10.8 Å². The van der Waals surface area contributed by atoms with Crippen molar-refractivity contribution >= 4 is 0 Å². The molecule has 0 saturated heterocycles. The highest BCUT2D eigenvalue weighted by molar-refractivity contribution is 5.38. The predicted octanol–water partition coefficient (Wildman–Crippen LogP) is 1.87.